The summed E-state index contributed by atoms with van der Waals surface area (Å²) in [5.41, 5.74) is 4.18. The molecule has 1 amide bonds. The minimum Gasteiger partial charge on any atom is -0.491 e. The number of aromatic nitrogens is 3. The van der Waals surface area contributed by atoms with Crippen LogP contribution in [0.1, 0.15) is 33.1 Å². The molecule has 0 saturated carbocycles. The Balaban J connectivity index is 1.47. The van der Waals surface area contributed by atoms with Gasteiger partial charge in [-0.05, 0) is 45.2 Å². The van der Waals surface area contributed by atoms with Crippen LogP contribution in [0, 0.1) is 13.8 Å². The molecule has 4 heterocycles. The van der Waals surface area contributed by atoms with Crippen LogP contribution >= 0.6 is 22.9 Å². The van der Waals surface area contributed by atoms with Gasteiger partial charge in [0.15, 0.2) is 0 Å². The fraction of sp³-hybridized carbons (Fsp3) is 0.333. The fourth-order valence-electron chi connectivity index (χ4n) is 4.84. The van der Waals surface area contributed by atoms with E-state index in [0.29, 0.717) is 51.2 Å². The van der Waals surface area contributed by atoms with Gasteiger partial charge in [0, 0.05) is 46.7 Å². The highest BCUT2D eigenvalue weighted by atomic mass is 35.5. The quantitative estimate of drug-likeness (QED) is 0.341. The lowest BCUT2D eigenvalue weighted by Gasteiger charge is -2.25. The molecule has 13 heteroatoms. The zero-order chi connectivity index (χ0) is 28.8. The Morgan fingerprint density at radius 2 is 1.98 bits per heavy atom. The monoisotopic (exact) mass is 601 g/mol. The summed E-state index contributed by atoms with van der Waals surface area (Å²) in [6, 6.07) is 7.13. The molecule has 10 nitrogen and oxygen atoms in total. The van der Waals surface area contributed by atoms with Gasteiger partial charge in [0.1, 0.15) is 18.2 Å². The third-order valence-electron chi connectivity index (χ3n) is 6.68. The molecule has 1 aliphatic rings. The SMILES string of the molecule is Cc1cc(-c2cc(Cl)ccc2OCCn2c(C)nc3c(c2=O)CN(C)CC3)c2scc(C(=O)NS(C)(=O)=O)c2n1. The Morgan fingerprint density at radius 1 is 1.20 bits per heavy atom. The molecule has 0 unspecified atom stereocenters. The van der Waals surface area contributed by atoms with Crippen molar-refractivity contribution in [2.75, 3.05) is 26.5 Å². The van der Waals surface area contributed by atoms with E-state index in [-0.39, 0.29) is 17.7 Å². The smallest absolute Gasteiger partial charge is 0.267 e. The van der Waals surface area contributed by atoms with Crippen LogP contribution in [0.5, 0.6) is 5.75 Å². The van der Waals surface area contributed by atoms with Gasteiger partial charge in [-0.15, -0.1) is 11.3 Å². The van der Waals surface area contributed by atoms with Gasteiger partial charge in [-0.25, -0.2) is 18.1 Å². The van der Waals surface area contributed by atoms with Crippen LogP contribution in [-0.2, 0) is 29.5 Å². The van der Waals surface area contributed by atoms with Crippen LogP contribution in [-0.4, -0.2) is 60.2 Å². The lowest BCUT2D eigenvalue weighted by molar-refractivity contribution is 0.0983. The minimum atomic E-state index is -3.74. The summed E-state index contributed by atoms with van der Waals surface area (Å²) < 4.78 is 33.8. The van der Waals surface area contributed by atoms with Crippen LogP contribution in [0.25, 0.3) is 21.3 Å². The Kier molecular flexibility index (Phi) is 7.71. The summed E-state index contributed by atoms with van der Waals surface area (Å²) in [5.74, 6) is 0.451. The molecule has 1 aliphatic heterocycles. The molecule has 0 atom stereocenters. The second-order valence-corrected chi connectivity index (χ2v) is 12.9. The van der Waals surface area contributed by atoms with Crippen molar-refractivity contribution in [2.24, 2.45) is 0 Å². The van der Waals surface area contributed by atoms with Crippen molar-refractivity contribution in [2.45, 2.75) is 33.4 Å². The predicted molar refractivity (Wildman–Crippen MR) is 156 cm³/mol. The molecule has 0 aliphatic carbocycles. The van der Waals surface area contributed by atoms with E-state index in [4.69, 9.17) is 16.3 Å². The van der Waals surface area contributed by atoms with Crippen molar-refractivity contribution in [3.05, 3.63) is 73.4 Å². The van der Waals surface area contributed by atoms with Gasteiger partial charge >= 0.3 is 0 Å². The minimum absolute atomic E-state index is 0.0427. The molecular weight excluding hydrogens is 574 g/mol. The van der Waals surface area contributed by atoms with Crippen molar-refractivity contribution in [1.82, 2.24) is 24.2 Å². The summed E-state index contributed by atoms with van der Waals surface area (Å²) in [6.07, 6.45) is 1.68. The number of fused-ring (bicyclic) bond motifs is 2. The number of nitrogens with one attached hydrogen (secondary N) is 1. The molecular formula is C27H28ClN5O5S2. The van der Waals surface area contributed by atoms with Crippen molar-refractivity contribution in [3.63, 3.8) is 0 Å². The molecule has 40 heavy (non-hydrogen) atoms. The Bertz CT molecular complexity index is 1820. The van der Waals surface area contributed by atoms with Gasteiger partial charge in [-0.1, -0.05) is 11.6 Å². The molecule has 0 saturated heterocycles. The fourth-order valence-corrected chi connectivity index (χ4v) is 6.47. The molecule has 1 N–H and O–H groups in total. The molecule has 210 valence electrons. The highest BCUT2D eigenvalue weighted by Gasteiger charge is 2.22. The highest BCUT2D eigenvalue weighted by Crippen LogP contribution is 2.40. The Hall–Kier alpha value is -3.32. The third kappa shape index (κ3) is 5.75. The zero-order valence-electron chi connectivity index (χ0n) is 22.4. The van der Waals surface area contributed by atoms with Crippen LogP contribution in [0.2, 0.25) is 5.02 Å². The summed E-state index contributed by atoms with van der Waals surface area (Å²) in [5, 5.41) is 2.08. The summed E-state index contributed by atoms with van der Waals surface area (Å²) >= 11 is 7.66. The number of sulfonamides is 1. The average molecular weight is 602 g/mol. The van der Waals surface area contributed by atoms with E-state index in [1.165, 1.54) is 11.3 Å². The number of likely N-dealkylation sites (N-methyl/N-ethyl adjacent to an activating group) is 1. The van der Waals surface area contributed by atoms with E-state index in [2.05, 4.69) is 14.9 Å². The number of amides is 1. The van der Waals surface area contributed by atoms with E-state index >= 15 is 0 Å². The maximum atomic E-state index is 13.2. The van der Waals surface area contributed by atoms with Crippen LogP contribution < -0.4 is 15.0 Å². The number of rotatable bonds is 7. The first-order chi connectivity index (χ1) is 18.9. The topological polar surface area (TPSA) is 123 Å². The molecule has 1 aromatic carbocycles. The second kappa shape index (κ2) is 10.9. The van der Waals surface area contributed by atoms with Crippen molar-refractivity contribution in [3.8, 4) is 16.9 Å². The standard InChI is InChI=1S/C27H28ClN5O5S2/c1-15-11-19(25-24(29-15)21(14-39-25)26(34)31-40(4,36)37)18-12-17(28)5-6-23(18)38-10-9-33-16(2)30-22-7-8-32(3)13-20(22)27(33)35/h5-6,11-12,14H,7-10,13H2,1-4H3,(H,31,34). The number of carbonyl (C=O) groups is 1. The number of ether oxygens (including phenoxy) is 1. The van der Waals surface area contributed by atoms with Gasteiger partial charge in [-0.3, -0.25) is 19.1 Å². The molecule has 0 radical (unpaired) electrons. The lowest BCUT2D eigenvalue weighted by Crippen LogP contribution is -2.37. The number of hydrogen-bond donors (Lipinski definition) is 1. The first-order valence-corrected chi connectivity index (χ1v) is 15.7. The number of nitrogens with zero attached hydrogens (tertiary/aromatic N) is 4. The molecule has 3 aromatic heterocycles. The van der Waals surface area contributed by atoms with Crippen molar-refractivity contribution < 1.29 is 17.9 Å². The number of thiophene rings is 1. The second-order valence-electron chi connectivity index (χ2n) is 9.86. The number of halogens is 1. The van der Waals surface area contributed by atoms with E-state index in [0.717, 1.165) is 36.0 Å². The van der Waals surface area contributed by atoms with Gasteiger partial charge in [0.25, 0.3) is 11.5 Å². The van der Waals surface area contributed by atoms with Crippen LogP contribution in [0.4, 0.5) is 0 Å². The summed E-state index contributed by atoms with van der Waals surface area (Å²) in [7, 11) is -1.75. The largest absolute Gasteiger partial charge is 0.491 e. The maximum Gasteiger partial charge on any atom is 0.267 e. The van der Waals surface area contributed by atoms with E-state index in [1.54, 1.807) is 35.1 Å². The number of carbonyl (C=O) groups excluding carboxylic acids is 1. The van der Waals surface area contributed by atoms with Gasteiger partial charge in [0.05, 0.1) is 39.8 Å². The van der Waals surface area contributed by atoms with E-state index in [1.807, 2.05) is 24.8 Å². The van der Waals surface area contributed by atoms with Gasteiger partial charge < -0.3 is 9.64 Å². The number of pyridine rings is 1. The maximum absolute atomic E-state index is 13.2. The highest BCUT2D eigenvalue weighted by molar-refractivity contribution is 7.89. The van der Waals surface area contributed by atoms with E-state index < -0.39 is 15.9 Å². The third-order valence-corrected chi connectivity index (χ3v) is 8.47. The molecule has 0 spiro atoms. The Morgan fingerprint density at radius 3 is 2.73 bits per heavy atom. The number of benzene rings is 1. The van der Waals surface area contributed by atoms with Crippen LogP contribution in [0.15, 0.2) is 34.4 Å². The average Bonchev–Trinajstić information content (AvgIpc) is 3.30. The first-order valence-electron chi connectivity index (χ1n) is 12.5. The Labute approximate surface area is 240 Å². The van der Waals surface area contributed by atoms with E-state index in [9.17, 15) is 18.0 Å². The van der Waals surface area contributed by atoms with Crippen molar-refractivity contribution in [1.29, 1.82) is 0 Å². The molecule has 4 aromatic rings. The number of aryl methyl sites for hydroxylation is 2. The zero-order valence-corrected chi connectivity index (χ0v) is 24.8. The van der Waals surface area contributed by atoms with Gasteiger partial charge in [0.2, 0.25) is 10.0 Å². The number of hydrogen-bond acceptors (Lipinski definition) is 9. The molecule has 0 bridgehead atoms. The van der Waals surface area contributed by atoms with Crippen LogP contribution in [0.3, 0.4) is 0 Å². The predicted octanol–water partition coefficient (Wildman–Crippen LogP) is 3.55. The summed E-state index contributed by atoms with van der Waals surface area (Å²) in [6.45, 7) is 5.60. The molecule has 5 rings (SSSR count). The summed E-state index contributed by atoms with van der Waals surface area (Å²) in [4.78, 5) is 37.2. The normalized spacial score (nSPS) is 13.8. The van der Waals surface area contributed by atoms with Crippen molar-refractivity contribution >= 4 is 49.1 Å². The lowest BCUT2D eigenvalue weighted by atomic mass is 10.0. The van der Waals surface area contributed by atoms with Gasteiger partial charge in [-0.2, -0.15) is 0 Å². The molecule has 0 fully saturated rings. The first kappa shape index (κ1) is 28.2.